The van der Waals surface area contributed by atoms with Gasteiger partial charge < -0.3 is 0 Å². The molecule has 0 aliphatic carbocycles. The molecule has 0 saturated carbocycles. The van der Waals surface area contributed by atoms with E-state index in [1.807, 2.05) is 0 Å². The molecule has 0 radical (unpaired) electrons. The van der Waals surface area contributed by atoms with Crippen LogP contribution in [0.4, 0.5) is 0 Å². The van der Waals surface area contributed by atoms with Crippen LogP contribution in [0.2, 0.25) is 5.02 Å². The molecule has 22 valence electrons. The van der Waals surface area contributed by atoms with Gasteiger partial charge in [0.1, 0.15) is 0 Å². The Morgan fingerprint density at radius 1 is 2.00 bits per heavy atom. The van der Waals surface area contributed by atoms with Gasteiger partial charge in [-0.1, -0.05) is 0 Å². The molecule has 0 spiro atoms. The maximum atomic E-state index is 2.30. The second-order valence-corrected chi connectivity index (χ2v) is 10.4. The summed E-state index contributed by atoms with van der Waals surface area (Å²) >= 11 is 0.250. The first kappa shape index (κ1) is 4.84. The van der Waals surface area contributed by atoms with E-state index in [2.05, 4.69) is 6.92 Å². The molecule has 0 rings (SSSR count). The summed E-state index contributed by atoms with van der Waals surface area (Å²) in [6.45, 7) is 2.30. The van der Waals surface area contributed by atoms with Crippen LogP contribution in [0.25, 0.3) is 0 Å². The van der Waals surface area contributed by atoms with Gasteiger partial charge in [0.2, 0.25) is 0 Å². The number of hydrogen-bond acceptors (Lipinski definition) is 0. The molecule has 2 heteroatoms. The summed E-state index contributed by atoms with van der Waals surface area (Å²) in [4.78, 5) is 0. The third kappa shape index (κ3) is 2.84. The van der Waals surface area contributed by atoms with Crippen molar-refractivity contribution >= 4 is 8.47 Å². The third-order valence-corrected chi connectivity index (χ3v) is 7.79. The van der Waals surface area contributed by atoms with Crippen molar-refractivity contribution in [3.8, 4) is 0 Å². The molecule has 0 fully saturated rings. The molecule has 0 aromatic carbocycles. The first-order valence-corrected chi connectivity index (χ1v) is 14.3. The molecule has 0 heterocycles. The van der Waals surface area contributed by atoms with Crippen LogP contribution in [0.3, 0.4) is 0 Å². The minimum atomic E-state index is 0.250. The topological polar surface area (TPSA) is 0 Å². The Hall–Kier alpha value is 0.840. The molecule has 0 atom stereocenters. The Balaban J connectivity index is 1.97. The van der Waals surface area contributed by atoms with Crippen LogP contribution in [-0.4, -0.2) is 8.47 Å². The maximum absolute atomic E-state index is 2.30. The molecule has 0 amide bonds. The minimum absolute atomic E-state index is 0.250. The summed E-state index contributed by atoms with van der Waals surface area (Å²) in [6, 6.07) is 0. The van der Waals surface area contributed by atoms with Crippen molar-refractivity contribution in [2.45, 2.75) is 11.9 Å². The summed E-state index contributed by atoms with van der Waals surface area (Å²) in [5.74, 6) is 0. The Kier molecular flexibility index (Phi) is 4.65. The van der Waals surface area contributed by atoms with Gasteiger partial charge in [0.05, 0.1) is 0 Å². The van der Waals surface area contributed by atoms with E-state index in [1.165, 1.54) is 0 Å². The zero-order valence-electron chi connectivity index (χ0n) is 3.41. The predicted octanol–water partition coefficient (Wildman–Crippen LogP) is -0.212. The van der Waals surface area contributed by atoms with E-state index in [4.69, 9.17) is 0 Å². The van der Waals surface area contributed by atoms with Crippen molar-refractivity contribution in [1.82, 2.24) is 0 Å². The van der Waals surface area contributed by atoms with Crippen LogP contribution in [0.5, 0.6) is 0 Å². The Morgan fingerprint density at radius 3 is 2.25 bits per heavy atom. The molecule has 4 heavy (non-hydrogen) atoms. The van der Waals surface area contributed by atoms with Crippen LogP contribution < -0.4 is 0 Å². The summed E-state index contributed by atoms with van der Waals surface area (Å²) in [6.07, 6.45) is 0. The van der Waals surface area contributed by atoms with Gasteiger partial charge in [-0.2, -0.15) is 0 Å². The normalized spacial score (nSPS) is 6.25. The van der Waals surface area contributed by atoms with Gasteiger partial charge in [0.15, 0.2) is 0 Å². The number of hydrogen-bond donors (Lipinski definition) is 0. The van der Waals surface area contributed by atoms with Crippen LogP contribution in [0, 0.1) is 0 Å². The third-order valence-electron chi connectivity index (χ3n) is 0.500. The fourth-order valence-corrected chi connectivity index (χ4v) is 0. The quantitative estimate of drug-likeness (QED) is 0.426. The zero-order valence-corrected chi connectivity index (χ0v) is 8.38. The van der Waals surface area contributed by atoms with Crippen molar-refractivity contribution in [3.63, 3.8) is 0 Å². The van der Waals surface area contributed by atoms with Crippen LogP contribution in [0.1, 0.15) is 6.92 Å². The van der Waals surface area contributed by atoms with Crippen LogP contribution in [0.15, 0.2) is 0 Å². The zero-order chi connectivity index (χ0) is 3.41. The monoisotopic (exact) mass is 124 g/mol. The van der Waals surface area contributed by atoms with Gasteiger partial charge in [-0.05, 0) is 0 Å². The predicted molar refractivity (Wildman–Crippen MR) is 20.4 cm³/mol. The van der Waals surface area contributed by atoms with Crippen molar-refractivity contribution in [2.24, 2.45) is 0 Å². The van der Waals surface area contributed by atoms with Gasteiger partial charge in [-0.15, -0.1) is 0 Å². The fraction of sp³-hybridized carbons (Fsp3) is 1.00. The van der Waals surface area contributed by atoms with Gasteiger partial charge in [-0.3, -0.25) is 0 Å². The molecule has 0 unspecified atom stereocenters. The van der Waals surface area contributed by atoms with Gasteiger partial charge >= 0.3 is 36.8 Å². The number of rotatable bonds is 1. The SMILES string of the molecule is C[CH2][Zn][SiH3]. The summed E-state index contributed by atoms with van der Waals surface area (Å²) < 4.78 is 0. The van der Waals surface area contributed by atoms with E-state index in [0.29, 0.717) is 0 Å². The standard InChI is InChI=1S/C2H5.H3Si.Zn/c1-2;;/h1H2,2H3;1H3;. The first-order chi connectivity index (χ1) is 1.91. The van der Waals surface area contributed by atoms with E-state index < -0.39 is 0 Å². The summed E-state index contributed by atoms with van der Waals surface area (Å²) in [5, 5.41) is 1.57. The molecular formula is C2H8SiZn. The van der Waals surface area contributed by atoms with Gasteiger partial charge in [-0.25, -0.2) is 0 Å². The van der Waals surface area contributed by atoms with E-state index in [0.717, 1.165) is 0 Å². The van der Waals surface area contributed by atoms with Crippen LogP contribution >= 0.6 is 0 Å². The van der Waals surface area contributed by atoms with E-state index in [9.17, 15) is 0 Å². The van der Waals surface area contributed by atoms with Crippen molar-refractivity contribution < 1.29 is 16.4 Å². The van der Waals surface area contributed by atoms with Crippen molar-refractivity contribution in [1.29, 1.82) is 0 Å². The molecule has 0 aromatic rings. The van der Waals surface area contributed by atoms with Gasteiger partial charge in [0, 0.05) is 0 Å². The van der Waals surface area contributed by atoms with Crippen molar-refractivity contribution in [3.05, 3.63) is 0 Å². The molecule has 0 aliphatic heterocycles. The molecule has 0 nitrogen and oxygen atoms in total. The Bertz CT molecular complexity index is 8.00. The molecular weight excluding hydrogens is 117 g/mol. The fourth-order valence-electron chi connectivity index (χ4n) is 0. The summed E-state index contributed by atoms with van der Waals surface area (Å²) in [5.41, 5.74) is 0. The molecule has 0 aromatic heterocycles. The second-order valence-electron chi connectivity index (χ2n) is 1.000. The van der Waals surface area contributed by atoms with Gasteiger partial charge in [0.25, 0.3) is 0 Å². The van der Waals surface area contributed by atoms with Crippen molar-refractivity contribution in [2.75, 3.05) is 0 Å². The van der Waals surface area contributed by atoms with Crippen LogP contribution in [-0.2, 0) is 16.4 Å². The second kappa shape index (κ2) is 3.84. The van der Waals surface area contributed by atoms with E-state index in [-0.39, 0.29) is 16.4 Å². The Morgan fingerprint density at radius 2 is 2.25 bits per heavy atom. The molecule has 0 aliphatic rings. The molecule has 0 N–H and O–H groups in total. The van der Waals surface area contributed by atoms with E-state index in [1.54, 1.807) is 13.5 Å². The molecule has 0 bridgehead atoms. The molecule has 0 saturated heterocycles. The first-order valence-electron chi connectivity index (χ1n) is 1.91. The average Bonchev–Trinajstić information content (AvgIpc) is 1.37. The van der Waals surface area contributed by atoms with E-state index >= 15 is 0 Å². The Labute approximate surface area is 37.3 Å². The average molecular weight is 126 g/mol. The summed E-state index contributed by atoms with van der Waals surface area (Å²) in [7, 11) is 1.58.